The zero-order valence-corrected chi connectivity index (χ0v) is 19.2. The Kier molecular flexibility index (Phi) is 7.04. The standard InChI is InChI=1S/C25H28N2O7/c1-32-17-5-3-16(4-6-17)22-21(23(29)19-8-7-18(33-2)15-20(19)28)24(30)25(31)27(22)10-9-26-11-13-34-14-12-26/h3-8,15,22,28-29H,9-14H2,1-2H3/t22-/m1/s1. The molecule has 9 nitrogen and oxygen atoms in total. The van der Waals surface area contributed by atoms with Crippen LogP contribution in [0.4, 0.5) is 0 Å². The smallest absolute Gasteiger partial charge is 0.295 e. The number of carbonyl (C=O) groups is 2. The van der Waals surface area contributed by atoms with Crippen molar-refractivity contribution in [2.24, 2.45) is 0 Å². The lowest BCUT2D eigenvalue weighted by atomic mass is 9.95. The van der Waals surface area contributed by atoms with Gasteiger partial charge < -0.3 is 29.3 Å². The number of methoxy groups -OCH3 is 2. The second-order valence-corrected chi connectivity index (χ2v) is 8.10. The van der Waals surface area contributed by atoms with E-state index in [0.29, 0.717) is 43.4 Å². The Morgan fingerprint density at radius 2 is 1.65 bits per heavy atom. The predicted octanol–water partition coefficient (Wildman–Crippen LogP) is 2.16. The highest BCUT2D eigenvalue weighted by atomic mass is 16.5. The van der Waals surface area contributed by atoms with E-state index < -0.39 is 23.5 Å². The van der Waals surface area contributed by atoms with Gasteiger partial charge in [-0.05, 0) is 29.8 Å². The fourth-order valence-electron chi connectivity index (χ4n) is 4.30. The Labute approximate surface area is 197 Å². The molecule has 34 heavy (non-hydrogen) atoms. The molecule has 0 aliphatic carbocycles. The maximum atomic E-state index is 13.1. The number of likely N-dealkylation sites (tertiary alicyclic amines) is 1. The second kappa shape index (κ2) is 10.1. The van der Waals surface area contributed by atoms with Gasteiger partial charge in [0.1, 0.15) is 23.0 Å². The third kappa shape index (κ3) is 4.57. The molecule has 2 aromatic rings. The Morgan fingerprint density at radius 3 is 2.26 bits per heavy atom. The molecule has 0 aromatic heterocycles. The first-order chi connectivity index (χ1) is 16.4. The van der Waals surface area contributed by atoms with Crippen LogP contribution in [0.2, 0.25) is 0 Å². The quantitative estimate of drug-likeness (QED) is 0.362. The Hall–Kier alpha value is -3.56. The number of Topliss-reactive ketones (excluding diaryl/α,β-unsaturated/α-hetero) is 1. The molecule has 2 saturated heterocycles. The summed E-state index contributed by atoms with van der Waals surface area (Å²) in [6.07, 6.45) is 0. The second-order valence-electron chi connectivity index (χ2n) is 8.10. The minimum absolute atomic E-state index is 0.0468. The molecule has 1 amide bonds. The summed E-state index contributed by atoms with van der Waals surface area (Å²) in [7, 11) is 3.01. The van der Waals surface area contributed by atoms with Gasteiger partial charge >= 0.3 is 0 Å². The van der Waals surface area contributed by atoms with Crippen LogP contribution in [0.3, 0.4) is 0 Å². The van der Waals surface area contributed by atoms with Gasteiger partial charge in [-0.1, -0.05) is 12.1 Å². The molecule has 2 aliphatic rings. The summed E-state index contributed by atoms with van der Waals surface area (Å²) < 4.78 is 15.7. The fourth-order valence-corrected chi connectivity index (χ4v) is 4.30. The Bertz CT molecular complexity index is 1090. The number of rotatable bonds is 7. The lowest BCUT2D eigenvalue weighted by Crippen LogP contribution is -2.42. The van der Waals surface area contributed by atoms with Crippen molar-refractivity contribution in [1.29, 1.82) is 0 Å². The van der Waals surface area contributed by atoms with Gasteiger partial charge in [0.2, 0.25) is 0 Å². The maximum Gasteiger partial charge on any atom is 0.295 e. The molecule has 2 heterocycles. The number of phenols is 1. The number of benzene rings is 2. The molecule has 0 spiro atoms. The SMILES string of the molecule is COc1ccc([C@@H]2C(=C(O)c3ccc(OC)cc3O)C(=O)C(=O)N2CCN2CCOCC2)cc1. The van der Waals surface area contributed by atoms with Crippen LogP contribution in [0.5, 0.6) is 17.2 Å². The highest BCUT2D eigenvalue weighted by Gasteiger charge is 2.46. The van der Waals surface area contributed by atoms with Crippen LogP contribution < -0.4 is 9.47 Å². The van der Waals surface area contributed by atoms with Gasteiger partial charge in [0.25, 0.3) is 11.7 Å². The average molecular weight is 469 g/mol. The van der Waals surface area contributed by atoms with E-state index in [1.165, 1.54) is 24.1 Å². The van der Waals surface area contributed by atoms with Gasteiger partial charge in [0, 0.05) is 32.2 Å². The van der Waals surface area contributed by atoms with Crippen LogP contribution in [0.25, 0.3) is 5.76 Å². The molecular weight excluding hydrogens is 440 g/mol. The van der Waals surface area contributed by atoms with Crippen LogP contribution in [0.1, 0.15) is 17.2 Å². The van der Waals surface area contributed by atoms with Crippen LogP contribution in [0, 0.1) is 0 Å². The minimum atomic E-state index is -0.812. The van der Waals surface area contributed by atoms with Crippen molar-refractivity contribution in [3.05, 3.63) is 59.2 Å². The zero-order chi connectivity index (χ0) is 24.2. The summed E-state index contributed by atoms with van der Waals surface area (Å²) in [6, 6.07) is 10.5. The number of amides is 1. The number of ether oxygens (including phenoxy) is 3. The van der Waals surface area contributed by atoms with Crippen molar-refractivity contribution in [2.75, 3.05) is 53.6 Å². The van der Waals surface area contributed by atoms with Crippen molar-refractivity contribution in [3.8, 4) is 17.2 Å². The molecule has 9 heteroatoms. The molecule has 2 N–H and O–H groups in total. The molecule has 1 atom stereocenters. The molecule has 0 unspecified atom stereocenters. The summed E-state index contributed by atoms with van der Waals surface area (Å²) >= 11 is 0. The number of hydrogen-bond donors (Lipinski definition) is 2. The van der Waals surface area contributed by atoms with E-state index in [4.69, 9.17) is 14.2 Å². The van der Waals surface area contributed by atoms with Crippen LogP contribution in [-0.4, -0.2) is 85.3 Å². The van der Waals surface area contributed by atoms with Crippen LogP contribution in [-0.2, 0) is 14.3 Å². The number of aromatic hydroxyl groups is 1. The zero-order valence-electron chi connectivity index (χ0n) is 19.2. The summed E-state index contributed by atoms with van der Waals surface area (Å²) in [6.45, 7) is 3.60. The first-order valence-corrected chi connectivity index (χ1v) is 11.0. The molecule has 2 aromatic carbocycles. The number of hydrogen-bond acceptors (Lipinski definition) is 8. The van der Waals surface area contributed by atoms with E-state index in [1.807, 2.05) is 0 Å². The lowest BCUT2D eigenvalue weighted by molar-refractivity contribution is -0.140. The van der Waals surface area contributed by atoms with Gasteiger partial charge in [-0.25, -0.2) is 0 Å². The molecule has 180 valence electrons. The number of phenolic OH excluding ortho intramolecular Hbond substituents is 1. The van der Waals surface area contributed by atoms with Gasteiger partial charge in [-0.2, -0.15) is 0 Å². The third-order valence-electron chi connectivity index (χ3n) is 6.19. The minimum Gasteiger partial charge on any atom is -0.507 e. The highest BCUT2D eigenvalue weighted by molar-refractivity contribution is 6.46. The summed E-state index contributed by atoms with van der Waals surface area (Å²) in [5, 5.41) is 21.6. The first kappa shape index (κ1) is 23.6. The number of ketones is 1. The molecule has 0 bridgehead atoms. The number of morpholine rings is 1. The van der Waals surface area contributed by atoms with E-state index in [1.54, 1.807) is 37.4 Å². The van der Waals surface area contributed by atoms with Gasteiger partial charge in [-0.15, -0.1) is 0 Å². The summed E-state index contributed by atoms with van der Waals surface area (Å²) in [5.74, 6) is -1.16. The third-order valence-corrected chi connectivity index (χ3v) is 6.19. The first-order valence-electron chi connectivity index (χ1n) is 11.0. The largest absolute Gasteiger partial charge is 0.507 e. The Balaban J connectivity index is 1.75. The van der Waals surface area contributed by atoms with E-state index in [0.717, 1.165) is 13.1 Å². The molecular formula is C25H28N2O7. The predicted molar refractivity (Wildman–Crippen MR) is 124 cm³/mol. The number of nitrogens with zero attached hydrogens (tertiary/aromatic N) is 2. The van der Waals surface area contributed by atoms with Crippen LogP contribution in [0.15, 0.2) is 48.0 Å². The monoisotopic (exact) mass is 468 g/mol. The van der Waals surface area contributed by atoms with Crippen molar-refractivity contribution in [1.82, 2.24) is 9.80 Å². The van der Waals surface area contributed by atoms with Crippen LogP contribution >= 0.6 is 0 Å². The molecule has 2 aliphatic heterocycles. The lowest BCUT2D eigenvalue weighted by Gasteiger charge is -2.31. The highest BCUT2D eigenvalue weighted by Crippen LogP contribution is 2.41. The number of aliphatic hydroxyl groups excluding tert-OH is 1. The molecule has 4 rings (SSSR count). The normalized spacial score (nSPS) is 20.5. The van der Waals surface area contributed by atoms with Gasteiger partial charge in [-0.3, -0.25) is 14.5 Å². The Morgan fingerprint density at radius 1 is 1.00 bits per heavy atom. The summed E-state index contributed by atoms with van der Waals surface area (Å²) in [4.78, 5) is 29.9. The van der Waals surface area contributed by atoms with Crippen molar-refractivity contribution < 1.29 is 34.0 Å². The average Bonchev–Trinajstić information content (AvgIpc) is 3.12. The topological polar surface area (TPSA) is 109 Å². The van der Waals surface area contributed by atoms with E-state index in [9.17, 15) is 19.8 Å². The molecule has 2 fully saturated rings. The number of aliphatic hydroxyl groups is 1. The number of carbonyl (C=O) groups excluding carboxylic acids is 2. The fraction of sp³-hybridized carbons (Fsp3) is 0.360. The maximum absolute atomic E-state index is 13.1. The van der Waals surface area contributed by atoms with Gasteiger partial charge in [0.05, 0.1) is 44.6 Å². The van der Waals surface area contributed by atoms with Gasteiger partial charge in [0.15, 0.2) is 0 Å². The molecule has 0 radical (unpaired) electrons. The van der Waals surface area contributed by atoms with E-state index in [2.05, 4.69) is 4.90 Å². The van der Waals surface area contributed by atoms with E-state index >= 15 is 0 Å². The van der Waals surface area contributed by atoms with Crippen molar-refractivity contribution in [3.63, 3.8) is 0 Å². The summed E-state index contributed by atoms with van der Waals surface area (Å²) in [5.41, 5.74) is 0.625. The molecule has 0 saturated carbocycles. The van der Waals surface area contributed by atoms with E-state index in [-0.39, 0.29) is 16.9 Å². The van der Waals surface area contributed by atoms with Crippen molar-refractivity contribution in [2.45, 2.75) is 6.04 Å². The van der Waals surface area contributed by atoms with Crippen molar-refractivity contribution >= 4 is 17.4 Å².